The third-order valence-electron chi connectivity index (χ3n) is 3.13. The van der Waals surface area contributed by atoms with Gasteiger partial charge in [0.15, 0.2) is 0 Å². The molecule has 2 aliphatic heterocycles. The summed E-state index contributed by atoms with van der Waals surface area (Å²) in [5.41, 5.74) is -0.494. The van der Waals surface area contributed by atoms with E-state index in [4.69, 9.17) is 9.47 Å². The maximum atomic E-state index is 11.4. The molecule has 3 aliphatic rings. The normalized spacial score (nSPS) is 31.0. The van der Waals surface area contributed by atoms with E-state index in [1.165, 1.54) is 0 Å². The molecule has 2 spiro atoms. The van der Waals surface area contributed by atoms with Crippen LogP contribution in [0.3, 0.4) is 0 Å². The lowest BCUT2D eigenvalue weighted by Crippen LogP contribution is -2.77. The Hall–Kier alpha value is -1.43. The molecule has 0 unspecified atom stereocenters. The first-order chi connectivity index (χ1) is 6.60. The van der Waals surface area contributed by atoms with Crippen molar-refractivity contribution in [3.05, 3.63) is 0 Å². The number of carbonyl (C=O) groups excluding carboxylic acids is 3. The number of fused-ring (bicyclic) bond motifs is 1. The predicted octanol–water partition coefficient (Wildman–Crippen LogP) is -1.65. The molecular weight excluding hydrogens is 190 g/mol. The largest absolute Gasteiger partial charge is 0.421 e. The Morgan fingerprint density at radius 3 is 2.00 bits per heavy atom. The maximum Gasteiger partial charge on any atom is 0.421 e. The minimum atomic E-state index is -1.59. The number of carbonyl (C=O) groups is 3. The van der Waals surface area contributed by atoms with Crippen LogP contribution in [0.4, 0.5) is 0 Å². The molecule has 6 heteroatoms. The number of hydrogen-bond donors (Lipinski definition) is 1. The summed E-state index contributed by atoms with van der Waals surface area (Å²) in [7, 11) is 0. The van der Waals surface area contributed by atoms with Crippen LogP contribution in [-0.2, 0) is 23.9 Å². The maximum absolute atomic E-state index is 11.4. The van der Waals surface area contributed by atoms with Gasteiger partial charge in [-0.2, -0.15) is 0 Å². The second-order valence-electron chi connectivity index (χ2n) is 3.88. The fourth-order valence-corrected chi connectivity index (χ4v) is 2.21. The molecule has 0 aromatic heterocycles. The Bertz CT molecular complexity index is 354. The van der Waals surface area contributed by atoms with Crippen LogP contribution in [0.5, 0.6) is 0 Å². The molecule has 2 heterocycles. The van der Waals surface area contributed by atoms with Crippen LogP contribution < -0.4 is 5.32 Å². The molecule has 0 bridgehead atoms. The first kappa shape index (κ1) is 7.93. The lowest BCUT2D eigenvalue weighted by atomic mass is 9.58. The fraction of sp³-hybridized carbons (Fsp3) is 0.625. The molecule has 0 radical (unpaired) electrons. The Labute approximate surface area is 78.5 Å². The summed E-state index contributed by atoms with van der Waals surface area (Å²) in [5.74, 6) is -4.04. The van der Waals surface area contributed by atoms with E-state index in [1.54, 1.807) is 0 Å². The molecule has 3 fully saturated rings. The molecule has 3 rings (SSSR count). The van der Waals surface area contributed by atoms with Crippen molar-refractivity contribution in [3.8, 4) is 0 Å². The molecular formula is C8H7NO5. The van der Waals surface area contributed by atoms with Gasteiger partial charge in [0.1, 0.15) is 0 Å². The van der Waals surface area contributed by atoms with Gasteiger partial charge < -0.3 is 14.8 Å². The monoisotopic (exact) mass is 197 g/mol. The van der Waals surface area contributed by atoms with Gasteiger partial charge in [-0.15, -0.1) is 0 Å². The number of Topliss-reactive ketones (excluding diaryl/α,β-unsaturated/α-hetero) is 1. The van der Waals surface area contributed by atoms with Crippen LogP contribution in [-0.4, -0.2) is 36.6 Å². The van der Waals surface area contributed by atoms with Gasteiger partial charge in [-0.1, -0.05) is 0 Å². The Kier molecular flexibility index (Phi) is 1.12. The van der Waals surface area contributed by atoms with Crippen molar-refractivity contribution in [2.24, 2.45) is 5.41 Å². The summed E-state index contributed by atoms with van der Waals surface area (Å²) in [6.07, 6.45) is 0.306. The van der Waals surface area contributed by atoms with Crippen molar-refractivity contribution in [1.82, 2.24) is 5.32 Å². The highest BCUT2D eigenvalue weighted by atomic mass is 16.8. The zero-order valence-corrected chi connectivity index (χ0v) is 7.16. The van der Waals surface area contributed by atoms with Gasteiger partial charge in [-0.3, -0.25) is 4.79 Å². The first-order valence-electron chi connectivity index (χ1n) is 4.30. The summed E-state index contributed by atoms with van der Waals surface area (Å²) in [5, 5.41) is 2.97. The van der Waals surface area contributed by atoms with Gasteiger partial charge in [-0.25, -0.2) is 9.59 Å². The predicted molar refractivity (Wildman–Crippen MR) is 39.8 cm³/mol. The molecule has 1 aliphatic carbocycles. The molecule has 0 amide bonds. The van der Waals surface area contributed by atoms with Gasteiger partial charge in [0.25, 0.3) is 0 Å². The third kappa shape index (κ3) is 0.588. The Morgan fingerprint density at radius 1 is 1.07 bits per heavy atom. The SMILES string of the molecule is O=C1OC2(OC1=O)C(=O)CC21CNC1. The van der Waals surface area contributed by atoms with E-state index in [0.29, 0.717) is 19.5 Å². The number of ketones is 1. The second-order valence-corrected chi connectivity index (χ2v) is 3.88. The van der Waals surface area contributed by atoms with Gasteiger partial charge in [-0.05, 0) is 0 Å². The summed E-state index contributed by atoms with van der Waals surface area (Å²) in [6.45, 7) is 1.08. The highest BCUT2D eigenvalue weighted by Crippen LogP contribution is 2.54. The topological polar surface area (TPSA) is 81.7 Å². The lowest BCUT2D eigenvalue weighted by Gasteiger charge is -2.56. The van der Waals surface area contributed by atoms with Crippen LogP contribution in [0.25, 0.3) is 0 Å². The van der Waals surface area contributed by atoms with Crippen LogP contribution in [0, 0.1) is 5.41 Å². The average molecular weight is 197 g/mol. The quantitative estimate of drug-likeness (QED) is 0.370. The number of ether oxygens (including phenoxy) is 2. The van der Waals surface area contributed by atoms with E-state index in [1.807, 2.05) is 0 Å². The van der Waals surface area contributed by atoms with Crippen molar-refractivity contribution >= 4 is 17.7 Å². The molecule has 1 saturated carbocycles. The van der Waals surface area contributed by atoms with Crippen molar-refractivity contribution in [1.29, 1.82) is 0 Å². The van der Waals surface area contributed by atoms with Gasteiger partial charge in [0.2, 0.25) is 5.78 Å². The summed E-state index contributed by atoms with van der Waals surface area (Å²) < 4.78 is 9.53. The van der Waals surface area contributed by atoms with Crippen LogP contribution in [0.1, 0.15) is 6.42 Å². The Balaban J connectivity index is 1.99. The summed E-state index contributed by atoms with van der Waals surface area (Å²) in [6, 6.07) is 0. The zero-order valence-electron chi connectivity index (χ0n) is 7.16. The molecule has 6 nitrogen and oxygen atoms in total. The van der Waals surface area contributed by atoms with E-state index >= 15 is 0 Å². The van der Waals surface area contributed by atoms with E-state index < -0.39 is 23.1 Å². The molecule has 0 aromatic rings. The smallest absolute Gasteiger partial charge is 0.406 e. The molecule has 14 heavy (non-hydrogen) atoms. The second kappa shape index (κ2) is 1.98. The van der Waals surface area contributed by atoms with Crippen LogP contribution >= 0.6 is 0 Å². The lowest BCUT2D eigenvalue weighted by molar-refractivity contribution is -0.268. The first-order valence-corrected chi connectivity index (χ1v) is 4.30. The number of esters is 2. The molecule has 2 saturated heterocycles. The minimum absolute atomic E-state index is 0.306. The molecule has 0 atom stereocenters. The standard InChI is InChI=1S/C8H7NO5/c10-4-1-7(2-9-3-7)8(4)13-5(11)6(12)14-8/h9H,1-3H2. The molecule has 1 N–H and O–H groups in total. The van der Waals surface area contributed by atoms with E-state index in [2.05, 4.69) is 5.32 Å². The zero-order chi connectivity index (χ0) is 9.97. The highest BCUT2D eigenvalue weighted by Gasteiger charge is 2.77. The van der Waals surface area contributed by atoms with Gasteiger partial charge >= 0.3 is 17.7 Å². The molecule has 0 aromatic carbocycles. The van der Waals surface area contributed by atoms with Crippen LogP contribution in [0.15, 0.2) is 0 Å². The van der Waals surface area contributed by atoms with Gasteiger partial charge in [0, 0.05) is 19.5 Å². The van der Waals surface area contributed by atoms with E-state index in [0.717, 1.165) is 0 Å². The molecule has 74 valence electrons. The fourth-order valence-electron chi connectivity index (χ4n) is 2.21. The van der Waals surface area contributed by atoms with Crippen molar-refractivity contribution in [2.45, 2.75) is 12.2 Å². The van der Waals surface area contributed by atoms with Crippen LogP contribution in [0.2, 0.25) is 0 Å². The van der Waals surface area contributed by atoms with Gasteiger partial charge in [0.05, 0.1) is 5.41 Å². The number of rotatable bonds is 0. The average Bonchev–Trinajstić information content (AvgIpc) is 2.38. The van der Waals surface area contributed by atoms with Crippen molar-refractivity contribution in [2.75, 3.05) is 13.1 Å². The minimum Gasteiger partial charge on any atom is -0.406 e. The van der Waals surface area contributed by atoms with Crippen molar-refractivity contribution in [3.63, 3.8) is 0 Å². The Morgan fingerprint density at radius 2 is 1.64 bits per heavy atom. The number of nitrogens with one attached hydrogen (secondary N) is 1. The van der Waals surface area contributed by atoms with E-state index in [9.17, 15) is 14.4 Å². The van der Waals surface area contributed by atoms with E-state index in [-0.39, 0.29) is 5.78 Å². The highest BCUT2D eigenvalue weighted by molar-refractivity contribution is 6.32. The number of hydrogen-bond acceptors (Lipinski definition) is 6. The summed E-state index contributed by atoms with van der Waals surface area (Å²) in [4.78, 5) is 33.1. The van der Waals surface area contributed by atoms with Crippen molar-refractivity contribution < 1.29 is 23.9 Å². The third-order valence-corrected chi connectivity index (χ3v) is 3.13. The summed E-state index contributed by atoms with van der Waals surface area (Å²) >= 11 is 0.